The maximum absolute atomic E-state index is 12.3. The van der Waals surface area contributed by atoms with Crippen molar-refractivity contribution in [1.82, 2.24) is 9.88 Å². The molecule has 1 aliphatic rings. The third-order valence-electron chi connectivity index (χ3n) is 3.33. The minimum absolute atomic E-state index is 0. The molecule has 122 valence electrons. The number of aromatic nitrogens is 1. The lowest BCUT2D eigenvalue weighted by atomic mass is 10.3. The van der Waals surface area contributed by atoms with Gasteiger partial charge in [0.15, 0.2) is 0 Å². The Bertz CT molecular complexity index is 583. The number of carbonyl (C=O) groups is 1. The molecule has 0 saturated carbocycles. The molecule has 0 radical (unpaired) electrons. The van der Waals surface area contributed by atoms with E-state index in [0.29, 0.717) is 12.2 Å². The number of rotatable bonds is 3. The summed E-state index contributed by atoms with van der Waals surface area (Å²) in [7, 11) is 0. The fourth-order valence-corrected chi connectivity index (χ4v) is 3.68. The second-order valence-corrected chi connectivity index (χ2v) is 6.43. The average Bonchev–Trinajstić information content (AvgIpc) is 3.18. The normalized spacial score (nSPS) is 14.2. The molecule has 1 aliphatic heterocycles. The lowest BCUT2D eigenvalue weighted by molar-refractivity contribution is 0.0741. The summed E-state index contributed by atoms with van der Waals surface area (Å²) in [6, 6.07) is 4.18. The first kappa shape index (κ1) is 19.2. The smallest absolute Gasteiger partial charge is 0.273 e. The quantitative estimate of drug-likeness (QED) is 0.887. The van der Waals surface area contributed by atoms with E-state index in [1.807, 2.05) is 4.90 Å². The van der Waals surface area contributed by atoms with Gasteiger partial charge in [-0.25, -0.2) is 4.98 Å². The number of piperazine rings is 1. The number of carbonyl (C=O) groups excluding carboxylic acids is 1. The van der Waals surface area contributed by atoms with Gasteiger partial charge in [0.25, 0.3) is 5.91 Å². The van der Waals surface area contributed by atoms with Crippen molar-refractivity contribution < 1.29 is 4.79 Å². The van der Waals surface area contributed by atoms with Crippen LogP contribution in [-0.2, 0) is 6.54 Å². The van der Waals surface area contributed by atoms with Crippen molar-refractivity contribution in [3.8, 4) is 0 Å². The van der Waals surface area contributed by atoms with Gasteiger partial charge in [-0.05, 0) is 17.5 Å². The first-order valence-electron chi connectivity index (χ1n) is 6.50. The third-order valence-corrected chi connectivity index (χ3v) is 5.13. The van der Waals surface area contributed by atoms with Gasteiger partial charge in [-0.1, -0.05) is 0 Å². The highest BCUT2D eigenvalue weighted by molar-refractivity contribution is 7.14. The van der Waals surface area contributed by atoms with E-state index >= 15 is 0 Å². The fraction of sp³-hybridized carbons (Fsp3) is 0.385. The van der Waals surface area contributed by atoms with Gasteiger partial charge in [0, 0.05) is 38.1 Å². The van der Waals surface area contributed by atoms with E-state index in [-0.39, 0.29) is 30.7 Å². The maximum atomic E-state index is 12.3. The average molecular weight is 381 g/mol. The van der Waals surface area contributed by atoms with E-state index in [2.05, 4.69) is 27.4 Å². The largest absolute Gasteiger partial charge is 0.360 e. The Morgan fingerprint density at radius 2 is 1.95 bits per heavy atom. The van der Waals surface area contributed by atoms with Crippen molar-refractivity contribution in [2.24, 2.45) is 5.73 Å². The van der Waals surface area contributed by atoms with Crippen molar-refractivity contribution in [2.45, 2.75) is 6.54 Å². The monoisotopic (exact) mass is 380 g/mol. The van der Waals surface area contributed by atoms with Gasteiger partial charge >= 0.3 is 0 Å². The molecule has 22 heavy (non-hydrogen) atoms. The van der Waals surface area contributed by atoms with Crippen LogP contribution < -0.4 is 10.6 Å². The molecule has 1 saturated heterocycles. The molecule has 1 amide bonds. The molecule has 9 heteroatoms. The van der Waals surface area contributed by atoms with Gasteiger partial charge < -0.3 is 15.5 Å². The Morgan fingerprint density at radius 3 is 2.50 bits per heavy atom. The minimum Gasteiger partial charge on any atom is -0.360 e. The van der Waals surface area contributed by atoms with Crippen molar-refractivity contribution in [1.29, 1.82) is 0 Å². The predicted molar refractivity (Wildman–Crippen MR) is 96.9 cm³/mol. The molecule has 0 aromatic carbocycles. The summed E-state index contributed by atoms with van der Waals surface area (Å²) < 4.78 is 0. The molecule has 0 unspecified atom stereocenters. The van der Waals surface area contributed by atoms with Crippen LogP contribution in [0.2, 0.25) is 0 Å². The van der Waals surface area contributed by atoms with Gasteiger partial charge in [0.2, 0.25) is 0 Å². The van der Waals surface area contributed by atoms with E-state index in [1.165, 1.54) is 16.3 Å². The van der Waals surface area contributed by atoms with Crippen LogP contribution in [0.15, 0.2) is 22.9 Å². The molecule has 3 heterocycles. The van der Waals surface area contributed by atoms with Gasteiger partial charge in [-0.3, -0.25) is 4.79 Å². The summed E-state index contributed by atoms with van der Waals surface area (Å²) in [6.45, 7) is 3.63. The molecule has 0 spiro atoms. The second-order valence-electron chi connectivity index (χ2n) is 4.56. The Hall–Kier alpha value is -0.860. The molecule has 3 rings (SSSR count). The van der Waals surface area contributed by atoms with Crippen molar-refractivity contribution >= 4 is 58.4 Å². The van der Waals surface area contributed by atoms with E-state index in [0.717, 1.165) is 31.2 Å². The summed E-state index contributed by atoms with van der Waals surface area (Å²) in [4.78, 5) is 20.8. The molecule has 0 aliphatic carbocycles. The van der Waals surface area contributed by atoms with Gasteiger partial charge in [-0.2, -0.15) is 0 Å². The van der Waals surface area contributed by atoms with E-state index in [1.54, 1.807) is 16.7 Å². The van der Waals surface area contributed by atoms with Gasteiger partial charge in [0.05, 0.1) is 5.00 Å². The van der Waals surface area contributed by atoms with Crippen LogP contribution in [0.25, 0.3) is 0 Å². The number of hydrogen-bond acceptors (Lipinski definition) is 6. The highest BCUT2D eigenvalue weighted by Gasteiger charge is 2.24. The van der Waals surface area contributed by atoms with Crippen LogP contribution in [0.1, 0.15) is 15.5 Å². The second kappa shape index (κ2) is 8.69. The molecular weight excluding hydrogens is 363 g/mol. The summed E-state index contributed by atoms with van der Waals surface area (Å²) in [5.41, 5.74) is 6.06. The first-order valence-corrected chi connectivity index (χ1v) is 8.26. The Labute approximate surface area is 149 Å². The van der Waals surface area contributed by atoms with Crippen LogP contribution in [0.4, 0.5) is 5.00 Å². The van der Waals surface area contributed by atoms with Crippen molar-refractivity contribution in [2.75, 3.05) is 31.1 Å². The summed E-state index contributed by atoms with van der Waals surface area (Å²) >= 11 is 3.19. The van der Waals surface area contributed by atoms with Crippen LogP contribution in [0, 0.1) is 0 Å². The molecule has 2 N–H and O–H groups in total. The summed E-state index contributed by atoms with van der Waals surface area (Å²) in [6.07, 6.45) is 0. The number of nitrogens with two attached hydrogens (primary N) is 1. The molecule has 0 bridgehead atoms. The van der Waals surface area contributed by atoms with Crippen molar-refractivity contribution in [3.63, 3.8) is 0 Å². The number of anilines is 1. The lowest BCUT2D eigenvalue weighted by Crippen LogP contribution is -2.48. The van der Waals surface area contributed by atoms with Gasteiger partial charge in [-0.15, -0.1) is 47.5 Å². The Balaban J connectivity index is 0.00000121. The number of hydrogen-bond donors (Lipinski definition) is 1. The zero-order valence-corrected chi connectivity index (χ0v) is 15.1. The standard InChI is InChI=1S/C13H16N4OS2.2ClH/c14-8-11-15-10(9-20-11)13(18)17-5-3-16(4-6-17)12-2-1-7-19-12;;/h1-2,7,9H,3-6,8,14H2;2*1H. The molecule has 0 atom stereocenters. The number of thiophene rings is 1. The van der Waals surface area contributed by atoms with Crippen LogP contribution in [-0.4, -0.2) is 42.0 Å². The third kappa shape index (κ3) is 4.11. The lowest BCUT2D eigenvalue weighted by Gasteiger charge is -2.34. The van der Waals surface area contributed by atoms with Crippen molar-refractivity contribution in [3.05, 3.63) is 33.6 Å². The predicted octanol–water partition coefficient (Wildman–Crippen LogP) is 2.47. The number of halogens is 2. The highest BCUT2D eigenvalue weighted by atomic mass is 35.5. The minimum atomic E-state index is 0. The molecule has 2 aromatic rings. The number of thiazole rings is 1. The molecule has 2 aromatic heterocycles. The molecule has 1 fully saturated rings. The number of amides is 1. The topological polar surface area (TPSA) is 62.5 Å². The van der Waals surface area contributed by atoms with Crippen LogP contribution in [0.3, 0.4) is 0 Å². The first-order chi connectivity index (χ1) is 9.78. The van der Waals surface area contributed by atoms with Gasteiger partial charge in [0.1, 0.15) is 10.7 Å². The zero-order valence-electron chi connectivity index (χ0n) is 11.8. The fourth-order valence-electron chi connectivity index (χ4n) is 2.24. The van der Waals surface area contributed by atoms with E-state index < -0.39 is 0 Å². The summed E-state index contributed by atoms with van der Waals surface area (Å²) in [5, 5.41) is 5.97. The van der Waals surface area contributed by atoms with E-state index in [9.17, 15) is 4.79 Å². The Kier molecular flexibility index (Phi) is 7.58. The molecule has 5 nitrogen and oxygen atoms in total. The van der Waals surface area contributed by atoms with Crippen LogP contribution >= 0.6 is 47.5 Å². The number of nitrogens with zero attached hydrogens (tertiary/aromatic N) is 3. The SMILES string of the molecule is Cl.Cl.NCc1nc(C(=O)N2CCN(c3cccs3)CC2)cs1. The zero-order chi connectivity index (χ0) is 13.9. The molecular formula is C13H18Cl2N4OS2. The van der Waals surface area contributed by atoms with Crippen LogP contribution in [0.5, 0.6) is 0 Å². The Morgan fingerprint density at radius 1 is 1.23 bits per heavy atom. The maximum Gasteiger partial charge on any atom is 0.273 e. The highest BCUT2D eigenvalue weighted by Crippen LogP contribution is 2.23. The van der Waals surface area contributed by atoms with E-state index in [4.69, 9.17) is 5.73 Å². The summed E-state index contributed by atoms with van der Waals surface area (Å²) in [5.74, 6) is 0.0202.